The average Bonchev–Trinajstić information content (AvgIpc) is 2.93. The van der Waals surface area contributed by atoms with Crippen molar-refractivity contribution in [3.63, 3.8) is 0 Å². The predicted octanol–water partition coefficient (Wildman–Crippen LogP) is 5.20. The van der Waals surface area contributed by atoms with Gasteiger partial charge in [0.25, 0.3) is 0 Å². The lowest BCUT2D eigenvalue weighted by atomic mass is 9.58. The Morgan fingerprint density at radius 1 is 0.871 bits per heavy atom. The van der Waals surface area contributed by atoms with Crippen molar-refractivity contribution in [3.05, 3.63) is 71.8 Å². The highest BCUT2D eigenvalue weighted by Crippen LogP contribution is 2.44. The van der Waals surface area contributed by atoms with Crippen molar-refractivity contribution < 1.29 is 13.5 Å². The van der Waals surface area contributed by atoms with Crippen LogP contribution in [0.2, 0.25) is 0 Å². The van der Waals surface area contributed by atoms with E-state index in [1.165, 1.54) is 5.56 Å². The zero-order valence-corrected chi connectivity index (χ0v) is 20.7. The van der Waals surface area contributed by atoms with Gasteiger partial charge in [0.2, 0.25) is 0 Å². The lowest BCUT2D eigenvalue weighted by Crippen LogP contribution is -2.59. The van der Waals surface area contributed by atoms with Crippen molar-refractivity contribution in [2.75, 3.05) is 0 Å². The number of aryl methyl sites for hydroxylation is 1. The molecule has 0 spiro atoms. The summed E-state index contributed by atoms with van der Waals surface area (Å²) < 4.78 is 29.6. The van der Waals surface area contributed by atoms with Crippen LogP contribution in [0, 0.1) is 0 Å². The minimum atomic E-state index is -1.32. The normalized spacial score (nSPS) is 20.9. The summed E-state index contributed by atoms with van der Waals surface area (Å²) in [5, 5.41) is 0. The number of hydrogen-bond donors (Lipinski definition) is 1. The van der Waals surface area contributed by atoms with E-state index in [4.69, 9.17) is 9.31 Å². The lowest BCUT2D eigenvalue weighted by Gasteiger charge is -2.38. The summed E-state index contributed by atoms with van der Waals surface area (Å²) in [6.07, 6.45) is 1.48. The monoisotopic (exact) mass is 441 g/mol. The highest BCUT2D eigenvalue weighted by atomic mass is 32.2. The van der Waals surface area contributed by atoms with E-state index in [1.807, 2.05) is 45.0 Å². The van der Waals surface area contributed by atoms with Crippen molar-refractivity contribution >= 4 is 18.1 Å². The van der Waals surface area contributed by atoms with Gasteiger partial charge in [0.1, 0.15) is 0 Å². The molecule has 0 bridgehead atoms. The highest BCUT2D eigenvalue weighted by molar-refractivity contribution is 7.84. The highest BCUT2D eigenvalue weighted by Gasteiger charge is 2.61. The molecule has 0 radical (unpaired) electrons. The van der Waals surface area contributed by atoms with Gasteiger partial charge in [-0.3, -0.25) is 0 Å². The summed E-state index contributed by atoms with van der Waals surface area (Å²) in [6.45, 7) is 14.2. The Morgan fingerprint density at radius 2 is 1.35 bits per heavy atom. The molecule has 31 heavy (non-hydrogen) atoms. The van der Waals surface area contributed by atoms with Gasteiger partial charge in [-0.1, -0.05) is 60.7 Å². The van der Waals surface area contributed by atoms with Crippen molar-refractivity contribution in [1.82, 2.24) is 4.72 Å². The van der Waals surface area contributed by atoms with Gasteiger partial charge >= 0.3 is 7.12 Å². The standard InChI is InChI=1S/C25H36BNO3S/c1-22(2,3)31(28)27-25(21-16-12-9-13-17-21,19-18-20-14-10-8-11-15-20)26-29-23(4,5)24(6,7)30-26/h8-17,27H,18-19H2,1-7H3/t25-,31-/m1/s1. The summed E-state index contributed by atoms with van der Waals surface area (Å²) >= 11 is 0. The molecule has 4 nitrogen and oxygen atoms in total. The number of nitrogens with one attached hydrogen (secondary N) is 1. The van der Waals surface area contributed by atoms with E-state index < -0.39 is 39.5 Å². The van der Waals surface area contributed by atoms with Crippen LogP contribution in [0.1, 0.15) is 66.0 Å². The van der Waals surface area contributed by atoms with Crippen LogP contribution in [0.3, 0.4) is 0 Å². The first-order chi connectivity index (χ1) is 14.4. The Labute approximate surface area is 190 Å². The molecule has 1 aliphatic heterocycles. The average molecular weight is 441 g/mol. The first kappa shape index (κ1) is 24.2. The molecule has 3 rings (SSSR count). The van der Waals surface area contributed by atoms with Crippen LogP contribution in [-0.4, -0.2) is 27.3 Å². The molecule has 0 unspecified atom stereocenters. The van der Waals surface area contributed by atoms with Gasteiger partial charge in [-0.05, 0) is 72.4 Å². The summed E-state index contributed by atoms with van der Waals surface area (Å²) in [5.74, 6) is 0. The van der Waals surface area contributed by atoms with E-state index in [1.54, 1.807) is 0 Å². The quantitative estimate of drug-likeness (QED) is 0.601. The Morgan fingerprint density at radius 3 is 1.84 bits per heavy atom. The molecule has 1 heterocycles. The van der Waals surface area contributed by atoms with E-state index >= 15 is 0 Å². The van der Waals surface area contributed by atoms with E-state index in [9.17, 15) is 4.21 Å². The molecule has 2 aromatic rings. The van der Waals surface area contributed by atoms with Gasteiger partial charge in [-0.25, -0.2) is 8.93 Å². The van der Waals surface area contributed by atoms with Crippen LogP contribution in [0.5, 0.6) is 0 Å². The van der Waals surface area contributed by atoms with E-state index in [0.717, 1.165) is 12.0 Å². The minimum absolute atomic E-state index is 0.434. The SMILES string of the molecule is CC(C)(C)[S@@](=O)N[C@@](CCc1ccccc1)(B1OC(C)(C)C(C)(C)O1)c1ccccc1. The Balaban J connectivity index is 2.09. The Bertz CT molecular complexity index is 880. The summed E-state index contributed by atoms with van der Waals surface area (Å²) in [4.78, 5) is 0. The molecular formula is C25H36BNO3S. The zero-order chi connectivity index (χ0) is 22.9. The Kier molecular flexibility index (Phi) is 6.88. The molecule has 0 aliphatic carbocycles. The van der Waals surface area contributed by atoms with Crippen LogP contribution in [0.15, 0.2) is 60.7 Å². The lowest BCUT2D eigenvalue weighted by molar-refractivity contribution is 0.00578. The number of rotatable bonds is 7. The fraction of sp³-hybridized carbons (Fsp3) is 0.520. The van der Waals surface area contributed by atoms with Crippen molar-refractivity contribution in [1.29, 1.82) is 0 Å². The maximum Gasteiger partial charge on any atom is 0.485 e. The van der Waals surface area contributed by atoms with Crippen LogP contribution in [-0.2, 0) is 32.2 Å². The van der Waals surface area contributed by atoms with E-state index in [0.29, 0.717) is 6.42 Å². The molecule has 2 aromatic carbocycles. The summed E-state index contributed by atoms with van der Waals surface area (Å²) in [5.41, 5.74) is 0.482. The zero-order valence-electron chi connectivity index (χ0n) is 19.9. The third-order valence-corrected chi connectivity index (χ3v) is 8.09. The van der Waals surface area contributed by atoms with E-state index in [-0.39, 0.29) is 0 Å². The van der Waals surface area contributed by atoms with Gasteiger partial charge in [0.15, 0.2) is 0 Å². The third kappa shape index (κ3) is 5.14. The number of benzene rings is 2. The van der Waals surface area contributed by atoms with Crippen LogP contribution < -0.4 is 4.72 Å². The van der Waals surface area contributed by atoms with Crippen LogP contribution in [0.25, 0.3) is 0 Å². The fourth-order valence-electron chi connectivity index (χ4n) is 3.64. The molecule has 1 saturated heterocycles. The second kappa shape index (κ2) is 8.82. The van der Waals surface area contributed by atoms with Crippen LogP contribution >= 0.6 is 0 Å². The molecule has 2 atom stereocenters. The second-order valence-electron chi connectivity index (χ2n) is 10.4. The molecule has 0 saturated carbocycles. The first-order valence-corrected chi connectivity index (χ1v) is 12.2. The summed E-state index contributed by atoms with van der Waals surface area (Å²) in [6, 6.07) is 20.5. The van der Waals surface area contributed by atoms with E-state index in [2.05, 4.69) is 68.8 Å². The molecule has 1 fully saturated rings. The van der Waals surface area contributed by atoms with Gasteiger partial charge in [-0.15, -0.1) is 0 Å². The molecule has 0 amide bonds. The summed E-state index contributed by atoms with van der Waals surface area (Å²) in [7, 11) is -1.91. The maximum atomic E-state index is 13.4. The third-order valence-electron chi connectivity index (χ3n) is 6.43. The van der Waals surface area contributed by atoms with Gasteiger partial charge in [0, 0.05) is 0 Å². The largest absolute Gasteiger partial charge is 0.485 e. The molecule has 1 aliphatic rings. The molecular weight excluding hydrogens is 405 g/mol. The predicted molar refractivity (Wildman–Crippen MR) is 130 cm³/mol. The van der Waals surface area contributed by atoms with Gasteiger partial charge < -0.3 is 9.31 Å². The molecule has 1 N–H and O–H groups in total. The van der Waals surface area contributed by atoms with Gasteiger partial charge in [0.05, 0.1) is 32.4 Å². The van der Waals surface area contributed by atoms with Crippen molar-refractivity contribution in [2.24, 2.45) is 0 Å². The first-order valence-electron chi connectivity index (χ1n) is 11.0. The van der Waals surface area contributed by atoms with Crippen molar-refractivity contribution in [2.45, 2.75) is 82.7 Å². The minimum Gasteiger partial charge on any atom is -0.402 e. The number of hydrogen-bond acceptors (Lipinski definition) is 3. The molecule has 6 heteroatoms. The fourth-order valence-corrected chi connectivity index (χ4v) is 4.59. The smallest absolute Gasteiger partial charge is 0.402 e. The topological polar surface area (TPSA) is 47.6 Å². The second-order valence-corrected chi connectivity index (χ2v) is 12.4. The van der Waals surface area contributed by atoms with Crippen LogP contribution in [0.4, 0.5) is 0 Å². The Hall–Kier alpha value is -1.47. The molecule has 168 valence electrons. The van der Waals surface area contributed by atoms with Crippen molar-refractivity contribution in [3.8, 4) is 0 Å². The molecule has 0 aromatic heterocycles. The van der Waals surface area contributed by atoms with Gasteiger partial charge in [-0.2, -0.15) is 0 Å². The maximum absolute atomic E-state index is 13.4.